The van der Waals surface area contributed by atoms with E-state index in [2.05, 4.69) is 27.3 Å². The minimum absolute atomic E-state index is 0.0176. The molecule has 0 amide bonds. The third-order valence-corrected chi connectivity index (χ3v) is 5.01. The molecule has 0 bridgehead atoms. The Kier molecular flexibility index (Phi) is 6.64. The van der Waals surface area contributed by atoms with Gasteiger partial charge >= 0.3 is 5.97 Å². The summed E-state index contributed by atoms with van der Waals surface area (Å²) in [5, 5.41) is 0. The second kappa shape index (κ2) is 8.36. The third kappa shape index (κ3) is 6.58. The largest absolute Gasteiger partial charge is 0.459 e. The molecule has 2 aromatic carbocycles. The highest BCUT2D eigenvalue weighted by Gasteiger charge is 2.21. The Hall–Kier alpha value is -1.65. The molecule has 0 fully saturated rings. The second-order valence-corrected chi connectivity index (χ2v) is 9.30. The van der Waals surface area contributed by atoms with Gasteiger partial charge in [-0.2, -0.15) is 0 Å². The monoisotopic (exact) mass is 488 g/mol. The molecule has 0 aliphatic rings. The summed E-state index contributed by atoms with van der Waals surface area (Å²) in [7, 11) is -3.94. The Morgan fingerprint density at radius 3 is 2.00 bits per heavy atom. The maximum atomic E-state index is 12.2. The van der Waals surface area contributed by atoms with E-state index in [0.717, 1.165) is 3.57 Å². The van der Waals surface area contributed by atoms with Crippen molar-refractivity contribution < 1.29 is 22.7 Å². The minimum atomic E-state index is -3.94. The molecular formula is C18H19INO5S. The lowest BCUT2D eigenvalue weighted by molar-refractivity contribution is -0.153. The van der Waals surface area contributed by atoms with E-state index in [4.69, 9.17) is 9.47 Å². The maximum Gasteiger partial charge on any atom is 0.323 e. The molecule has 1 radical (unpaired) electrons. The lowest BCUT2D eigenvalue weighted by atomic mass is 10.2. The smallest absolute Gasteiger partial charge is 0.323 e. The number of esters is 1. The van der Waals surface area contributed by atoms with Crippen LogP contribution in [0.5, 0.6) is 11.5 Å². The molecule has 0 heterocycles. The molecule has 8 heteroatoms. The zero-order chi connectivity index (χ0) is 19.4. The van der Waals surface area contributed by atoms with Crippen LogP contribution in [0.15, 0.2) is 53.4 Å². The van der Waals surface area contributed by atoms with Gasteiger partial charge in [-0.25, -0.2) is 8.42 Å². The predicted octanol–water partition coefficient (Wildman–Crippen LogP) is 3.72. The number of sulfonamides is 1. The van der Waals surface area contributed by atoms with E-state index in [-0.39, 0.29) is 4.90 Å². The van der Waals surface area contributed by atoms with E-state index in [1.54, 1.807) is 20.8 Å². The summed E-state index contributed by atoms with van der Waals surface area (Å²) in [5.41, 5.74) is -0.690. The number of carbonyl (C=O) groups excluding carboxylic acids is 1. The maximum absolute atomic E-state index is 12.2. The Balaban J connectivity index is 1.99. The van der Waals surface area contributed by atoms with Crippen LogP contribution in [0.4, 0.5) is 0 Å². The molecule has 0 aliphatic carbocycles. The van der Waals surface area contributed by atoms with E-state index in [0.29, 0.717) is 11.5 Å². The summed E-state index contributed by atoms with van der Waals surface area (Å²) in [5.74, 6) is 0.452. The highest BCUT2D eigenvalue weighted by atomic mass is 127. The normalized spacial score (nSPS) is 11.8. The van der Waals surface area contributed by atoms with Gasteiger partial charge in [-0.1, -0.05) is 0 Å². The number of nitrogens with zero attached hydrogens (tertiary/aromatic N) is 1. The van der Waals surface area contributed by atoms with Crippen molar-refractivity contribution >= 4 is 38.6 Å². The van der Waals surface area contributed by atoms with Crippen LogP contribution >= 0.6 is 22.6 Å². The van der Waals surface area contributed by atoms with Crippen LogP contribution in [0.1, 0.15) is 20.8 Å². The van der Waals surface area contributed by atoms with Crippen LogP contribution in [0, 0.1) is 3.57 Å². The molecule has 26 heavy (non-hydrogen) atoms. The summed E-state index contributed by atoms with van der Waals surface area (Å²) in [6.07, 6.45) is 0. The van der Waals surface area contributed by atoms with Gasteiger partial charge in [-0.15, -0.1) is 4.72 Å². The molecule has 139 valence electrons. The molecule has 2 aromatic rings. The van der Waals surface area contributed by atoms with E-state index in [9.17, 15) is 13.2 Å². The van der Waals surface area contributed by atoms with Crippen molar-refractivity contribution in [1.29, 1.82) is 0 Å². The number of hydrogen-bond donors (Lipinski definition) is 0. The van der Waals surface area contributed by atoms with Crippen molar-refractivity contribution in [2.24, 2.45) is 0 Å². The van der Waals surface area contributed by atoms with E-state index >= 15 is 0 Å². The highest BCUT2D eigenvalue weighted by Crippen LogP contribution is 2.23. The SMILES string of the molecule is CC(C)(C)OC(=O)C[N]S(=O)(=O)c1ccc(Oc2ccc(I)cc2)cc1. The number of halogens is 1. The molecule has 0 N–H and O–H groups in total. The van der Waals surface area contributed by atoms with Crippen LogP contribution in [0.2, 0.25) is 0 Å². The summed E-state index contributed by atoms with van der Waals surface area (Å²) in [4.78, 5) is 11.6. The van der Waals surface area contributed by atoms with Gasteiger partial charge in [-0.05, 0) is 91.9 Å². The summed E-state index contributed by atoms with van der Waals surface area (Å²) in [6.45, 7) is 4.55. The molecule has 0 aromatic heterocycles. The predicted molar refractivity (Wildman–Crippen MR) is 106 cm³/mol. The topological polar surface area (TPSA) is 83.8 Å². The lowest BCUT2D eigenvalue weighted by Gasteiger charge is -2.19. The minimum Gasteiger partial charge on any atom is -0.459 e. The first-order valence-electron chi connectivity index (χ1n) is 7.74. The molecule has 6 nitrogen and oxygen atoms in total. The fourth-order valence-corrected chi connectivity index (χ4v) is 3.17. The fraction of sp³-hybridized carbons (Fsp3) is 0.278. The molecule has 0 saturated carbocycles. The molecular weight excluding hydrogens is 469 g/mol. The summed E-state index contributed by atoms with van der Waals surface area (Å²) in [6, 6.07) is 13.3. The molecule has 0 spiro atoms. The van der Waals surface area contributed by atoms with Gasteiger partial charge in [0.15, 0.2) is 0 Å². The van der Waals surface area contributed by atoms with E-state index in [1.807, 2.05) is 24.3 Å². The molecule has 0 saturated heterocycles. The lowest BCUT2D eigenvalue weighted by Crippen LogP contribution is -2.30. The summed E-state index contributed by atoms with van der Waals surface area (Å²) < 4.78 is 39.7. The number of hydrogen-bond acceptors (Lipinski definition) is 5. The third-order valence-electron chi connectivity index (χ3n) is 2.95. The van der Waals surface area contributed by atoms with Crippen LogP contribution in [0.25, 0.3) is 0 Å². The second-order valence-electron chi connectivity index (χ2n) is 6.38. The Labute approximate surface area is 167 Å². The van der Waals surface area contributed by atoms with Crippen molar-refractivity contribution in [3.63, 3.8) is 0 Å². The summed E-state index contributed by atoms with van der Waals surface area (Å²) >= 11 is 2.19. The molecule has 0 aliphatic heterocycles. The van der Waals surface area contributed by atoms with Gasteiger partial charge in [0.2, 0.25) is 0 Å². The van der Waals surface area contributed by atoms with Gasteiger partial charge in [0, 0.05) is 3.57 Å². The first-order valence-corrected chi connectivity index (χ1v) is 10.3. The molecule has 0 atom stereocenters. The van der Waals surface area contributed by atoms with Crippen molar-refractivity contribution in [1.82, 2.24) is 4.72 Å². The van der Waals surface area contributed by atoms with Crippen molar-refractivity contribution in [3.05, 3.63) is 52.1 Å². The van der Waals surface area contributed by atoms with Crippen LogP contribution < -0.4 is 9.46 Å². The van der Waals surface area contributed by atoms with Gasteiger partial charge in [-0.3, -0.25) is 4.79 Å². The van der Waals surface area contributed by atoms with Crippen molar-refractivity contribution in [2.45, 2.75) is 31.3 Å². The van der Waals surface area contributed by atoms with Crippen molar-refractivity contribution in [3.8, 4) is 11.5 Å². The average Bonchev–Trinajstić information content (AvgIpc) is 2.54. The Morgan fingerprint density at radius 1 is 1.00 bits per heavy atom. The molecule has 0 unspecified atom stereocenters. The fourth-order valence-electron chi connectivity index (χ4n) is 1.90. The van der Waals surface area contributed by atoms with Crippen molar-refractivity contribution in [2.75, 3.05) is 6.54 Å². The van der Waals surface area contributed by atoms with Crippen LogP contribution in [0.3, 0.4) is 0 Å². The zero-order valence-corrected chi connectivity index (χ0v) is 17.6. The van der Waals surface area contributed by atoms with Crippen LogP contribution in [-0.4, -0.2) is 26.5 Å². The number of rotatable bonds is 6. The van der Waals surface area contributed by atoms with E-state index < -0.39 is 28.1 Å². The average molecular weight is 488 g/mol. The van der Waals surface area contributed by atoms with E-state index in [1.165, 1.54) is 24.3 Å². The highest BCUT2D eigenvalue weighted by molar-refractivity contribution is 14.1. The number of carbonyl (C=O) groups is 1. The zero-order valence-electron chi connectivity index (χ0n) is 14.6. The van der Waals surface area contributed by atoms with Gasteiger partial charge in [0.1, 0.15) is 23.6 Å². The quantitative estimate of drug-likeness (QED) is 0.457. The Bertz CT molecular complexity index is 856. The van der Waals surface area contributed by atoms with Gasteiger partial charge in [0.05, 0.1) is 4.90 Å². The van der Waals surface area contributed by atoms with Gasteiger partial charge in [0.25, 0.3) is 10.0 Å². The van der Waals surface area contributed by atoms with Gasteiger partial charge < -0.3 is 9.47 Å². The number of ether oxygens (including phenoxy) is 2. The first-order chi connectivity index (χ1) is 12.0. The Morgan fingerprint density at radius 2 is 1.50 bits per heavy atom. The standard InChI is InChI=1S/C18H19INO5S/c1-18(2,3)25-17(21)12-20-26(22,23)16-10-8-15(9-11-16)24-14-6-4-13(19)5-7-14/h4-11H,12H2,1-3H3. The number of benzene rings is 2. The molecule has 2 rings (SSSR count). The van der Waals surface area contributed by atoms with Crippen LogP contribution in [-0.2, 0) is 19.6 Å². The first kappa shape index (κ1) is 20.7.